The summed E-state index contributed by atoms with van der Waals surface area (Å²) in [4.78, 5) is 11.9. The Balaban J connectivity index is 1.98. The molecule has 2 rings (SSSR count). The van der Waals surface area contributed by atoms with Gasteiger partial charge in [0.2, 0.25) is 5.91 Å². The molecule has 0 aliphatic rings. The normalized spacial score (nSPS) is 12.3. The third kappa shape index (κ3) is 4.76. The lowest BCUT2D eigenvalue weighted by Gasteiger charge is -2.13. The molecule has 0 aliphatic heterocycles. The lowest BCUT2D eigenvalue weighted by molar-refractivity contribution is -0.117. The summed E-state index contributed by atoms with van der Waals surface area (Å²) in [6, 6.07) is 15.2. The molecule has 0 heterocycles. The van der Waals surface area contributed by atoms with Crippen LogP contribution in [0.25, 0.3) is 6.08 Å². The van der Waals surface area contributed by atoms with E-state index in [4.69, 9.17) is 5.73 Å². The molecule has 0 radical (unpaired) electrons. The molecular formula is C17H17BrN2O. The number of carbonyl (C=O) groups excluding carboxylic acids is 1. The minimum atomic E-state index is -0.134. The summed E-state index contributed by atoms with van der Waals surface area (Å²) < 4.78 is 0.997. The Morgan fingerprint density at radius 3 is 2.71 bits per heavy atom. The number of carbonyl (C=O) groups is 1. The first-order chi connectivity index (χ1) is 10.0. The van der Waals surface area contributed by atoms with Gasteiger partial charge in [-0.05, 0) is 48.4 Å². The van der Waals surface area contributed by atoms with Crippen LogP contribution in [0.3, 0.4) is 0 Å². The fourth-order valence-corrected chi connectivity index (χ4v) is 2.37. The topological polar surface area (TPSA) is 55.1 Å². The highest BCUT2D eigenvalue weighted by Gasteiger charge is 2.07. The number of amides is 1. The summed E-state index contributed by atoms with van der Waals surface area (Å²) in [6.07, 6.45) is 3.27. The van der Waals surface area contributed by atoms with Crippen LogP contribution in [0.2, 0.25) is 0 Å². The molecule has 3 nitrogen and oxygen atoms in total. The highest BCUT2D eigenvalue weighted by atomic mass is 79.9. The lowest BCUT2D eigenvalue weighted by atomic mass is 10.1. The number of halogens is 1. The average Bonchev–Trinajstić information content (AvgIpc) is 2.45. The van der Waals surface area contributed by atoms with Gasteiger partial charge in [-0.15, -0.1) is 0 Å². The van der Waals surface area contributed by atoms with Gasteiger partial charge >= 0.3 is 0 Å². The molecule has 0 saturated carbocycles. The Morgan fingerprint density at radius 2 is 2.00 bits per heavy atom. The van der Waals surface area contributed by atoms with Crippen molar-refractivity contribution < 1.29 is 4.79 Å². The molecule has 0 unspecified atom stereocenters. The standard InChI is InChI=1S/C17H17BrN2O/c1-12(14-5-3-6-15(18)11-14)20-17(21)9-8-13-4-2-7-16(19)10-13/h2-12H,19H2,1H3,(H,20,21)/b9-8+/t12-/m0/s1. The second kappa shape index (κ2) is 7.09. The second-order valence-corrected chi connectivity index (χ2v) is 5.70. The Bertz CT molecular complexity index is 667. The molecule has 2 aromatic rings. The summed E-state index contributed by atoms with van der Waals surface area (Å²) in [7, 11) is 0. The van der Waals surface area contributed by atoms with E-state index in [0.29, 0.717) is 5.69 Å². The molecule has 21 heavy (non-hydrogen) atoms. The third-order valence-corrected chi connectivity index (χ3v) is 3.54. The van der Waals surface area contributed by atoms with Crippen LogP contribution in [0.4, 0.5) is 5.69 Å². The second-order valence-electron chi connectivity index (χ2n) is 4.79. The van der Waals surface area contributed by atoms with E-state index in [2.05, 4.69) is 21.2 Å². The first kappa shape index (κ1) is 15.3. The van der Waals surface area contributed by atoms with Crippen LogP contribution in [0, 0.1) is 0 Å². The fraction of sp³-hybridized carbons (Fsp3) is 0.118. The maximum absolute atomic E-state index is 11.9. The van der Waals surface area contributed by atoms with E-state index in [1.54, 1.807) is 6.08 Å². The Labute approximate surface area is 133 Å². The molecule has 0 fully saturated rings. The average molecular weight is 345 g/mol. The molecule has 0 spiro atoms. The minimum absolute atomic E-state index is 0.0551. The zero-order chi connectivity index (χ0) is 15.2. The number of hydrogen-bond acceptors (Lipinski definition) is 2. The predicted octanol–water partition coefficient (Wildman–Crippen LogP) is 3.92. The van der Waals surface area contributed by atoms with Gasteiger partial charge in [0, 0.05) is 16.2 Å². The maximum Gasteiger partial charge on any atom is 0.244 e. The van der Waals surface area contributed by atoms with E-state index in [1.807, 2.05) is 55.5 Å². The number of nitrogens with one attached hydrogen (secondary N) is 1. The number of rotatable bonds is 4. The van der Waals surface area contributed by atoms with Gasteiger partial charge in [0.25, 0.3) is 0 Å². The van der Waals surface area contributed by atoms with Gasteiger partial charge < -0.3 is 11.1 Å². The summed E-state index contributed by atoms with van der Waals surface area (Å²) in [5.74, 6) is -0.134. The van der Waals surface area contributed by atoms with Gasteiger partial charge in [-0.25, -0.2) is 0 Å². The molecule has 0 bridgehead atoms. The van der Waals surface area contributed by atoms with Gasteiger partial charge in [0.05, 0.1) is 6.04 Å². The molecule has 108 valence electrons. The lowest BCUT2D eigenvalue weighted by Crippen LogP contribution is -2.24. The smallest absolute Gasteiger partial charge is 0.244 e. The van der Waals surface area contributed by atoms with E-state index < -0.39 is 0 Å². The Hall–Kier alpha value is -2.07. The molecule has 0 saturated heterocycles. The van der Waals surface area contributed by atoms with Gasteiger partial charge in [-0.3, -0.25) is 4.79 Å². The van der Waals surface area contributed by atoms with Crippen molar-refractivity contribution in [1.29, 1.82) is 0 Å². The van der Waals surface area contributed by atoms with Gasteiger partial charge in [0.1, 0.15) is 0 Å². The summed E-state index contributed by atoms with van der Waals surface area (Å²) in [6.45, 7) is 1.95. The highest BCUT2D eigenvalue weighted by molar-refractivity contribution is 9.10. The highest BCUT2D eigenvalue weighted by Crippen LogP contribution is 2.17. The van der Waals surface area contributed by atoms with Crippen molar-refractivity contribution in [2.24, 2.45) is 0 Å². The molecule has 1 amide bonds. The number of benzene rings is 2. The number of anilines is 1. The molecule has 0 aliphatic carbocycles. The molecule has 3 N–H and O–H groups in total. The fourth-order valence-electron chi connectivity index (χ4n) is 1.96. The van der Waals surface area contributed by atoms with Crippen LogP contribution in [0.15, 0.2) is 59.1 Å². The summed E-state index contributed by atoms with van der Waals surface area (Å²) in [5, 5.41) is 2.93. The van der Waals surface area contributed by atoms with Crippen LogP contribution < -0.4 is 11.1 Å². The van der Waals surface area contributed by atoms with Gasteiger partial charge in [-0.2, -0.15) is 0 Å². The first-order valence-corrected chi connectivity index (χ1v) is 7.43. The molecular weight excluding hydrogens is 328 g/mol. The predicted molar refractivity (Wildman–Crippen MR) is 90.6 cm³/mol. The van der Waals surface area contributed by atoms with Crippen molar-refractivity contribution in [3.05, 3.63) is 70.2 Å². The Kier molecular flexibility index (Phi) is 5.17. The number of nitrogens with two attached hydrogens (primary N) is 1. The SMILES string of the molecule is C[C@H](NC(=O)/C=C/c1cccc(N)c1)c1cccc(Br)c1. The monoisotopic (exact) mass is 344 g/mol. The minimum Gasteiger partial charge on any atom is -0.399 e. The zero-order valence-electron chi connectivity index (χ0n) is 11.7. The Morgan fingerprint density at radius 1 is 1.24 bits per heavy atom. The van der Waals surface area contributed by atoms with Crippen LogP contribution in [-0.4, -0.2) is 5.91 Å². The summed E-state index contributed by atoms with van der Waals surface area (Å²) in [5.41, 5.74) is 8.33. The largest absolute Gasteiger partial charge is 0.399 e. The molecule has 4 heteroatoms. The first-order valence-electron chi connectivity index (χ1n) is 6.64. The van der Waals surface area contributed by atoms with Crippen LogP contribution in [0.1, 0.15) is 24.1 Å². The third-order valence-electron chi connectivity index (χ3n) is 3.05. The van der Waals surface area contributed by atoms with Crippen molar-refractivity contribution in [3.63, 3.8) is 0 Å². The molecule has 0 aromatic heterocycles. The number of nitrogen functional groups attached to an aromatic ring is 1. The zero-order valence-corrected chi connectivity index (χ0v) is 13.3. The maximum atomic E-state index is 11.9. The van der Waals surface area contributed by atoms with Crippen molar-refractivity contribution in [3.8, 4) is 0 Å². The van der Waals surface area contributed by atoms with Crippen molar-refractivity contribution in [2.45, 2.75) is 13.0 Å². The van der Waals surface area contributed by atoms with Gasteiger partial charge in [0.15, 0.2) is 0 Å². The quantitative estimate of drug-likeness (QED) is 0.652. The van der Waals surface area contributed by atoms with Crippen molar-refractivity contribution in [1.82, 2.24) is 5.32 Å². The van der Waals surface area contributed by atoms with Crippen molar-refractivity contribution >= 4 is 33.6 Å². The van der Waals surface area contributed by atoms with E-state index in [-0.39, 0.29) is 11.9 Å². The van der Waals surface area contributed by atoms with Crippen LogP contribution in [-0.2, 0) is 4.79 Å². The number of hydrogen-bond donors (Lipinski definition) is 2. The molecule has 1 atom stereocenters. The van der Waals surface area contributed by atoms with Crippen molar-refractivity contribution in [2.75, 3.05) is 5.73 Å². The summed E-state index contributed by atoms with van der Waals surface area (Å²) >= 11 is 3.43. The van der Waals surface area contributed by atoms with E-state index in [9.17, 15) is 4.79 Å². The van der Waals surface area contributed by atoms with Crippen LogP contribution in [0.5, 0.6) is 0 Å². The van der Waals surface area contributed by atoms with Crippen LogP contribution >= 0.6 is 15.9 Å². The van der Waals surface area contributed by atoms with E-state index in [1.165, 1.54) is 6.08 Å². The van der Waals surface area contributed by atoms with E-state index >= 15 is 0 Å². The van der Waals surface area contributed by atoms with E-state index in [0.717, 1.165) is 15.6 Å². The molecule has 2 aromatic carbocycles. The van der Waals surface area contributed by atoms with Gasteiger partial charge in [-0.1, -0.05) is 40.2 Å².